The van der Waals surface area contributed by atoms with E-state index < -0.39 is 5.60 Å². The average Bonchev–Trinajstić information content (AvgIpc) is 2.88. The van der Waals surface area contributed by atoms with Crippen molar-refractivity contribution in [1.82, 2.24) is 14.5 Å². The number of imidazole rings is 1. The quantitative estimate of drug-likeness (QED) is 0.818. The van der Waals surface area contributed by atoms with E-state index in [1.54, 1.807) is 14.2 Å². The molecule has 1 fully saturated rings. The third kappa shape index (κ3) is 3.68. The molecule has 1 aliphatic rings. The summed E-state index contributed by atoms with van der Waals surface area (Å²) in [6.07, 6.45) is 4.54. The highest BCUT2D eigenvalue weighted by Gasteiger charge is 2.47. The zero-order valence-corrected chi connectivity index (χ0v) is 14.2. The first kappa shape index (κ1) is 17.4. The minimum Gasteiger partial charge on any atom is -0.387 e. The van der Waals surface area contributed by atoms with Crippen molar-refractivity contribution in [2.24, 2.45) is 5.41 Å². The largest absolute Gasteiger partial charge is 0.387 e. The predicted molar refractivity (Wildman–Crippen MR) is 84.6 cm³/mol. The molecule has 2 rings (SSSR count). The molecule has 0 aromatic carbocycles. The Morgan fingerprint density at radius 1 is 1.32 bits per heavy atom. The summed E-state index contributed by atoms with van der Waals surface area (Å²) < 4.78 is 12.5. The molecule has 6 heteroatoms. The van der Waals surface area contributed by atoms with E-state index in [1.165, 1.54) is 0 Å². The van der Waals surface area contributed by atoms with Crippen molar-refractivity contribution >= 4 is 0 Å². The molecule has 0 unspecified atom stereocenters. The van der Waals surface area contributed by atoms with Crippen molar-refractivity contribution in [1.29, 1.82) is 0 Å². The Balaban J connectivity index is 2.00. The van der Waals surface area contributed by atoms with Crippen molar-refractivity contribution in [3.05, 3.63) is 18.2 Å². The van der Waals surface area contributed by atoms with Gasteiger partial charge in [0.1, 0.15) is 5.82 Å². The molecule has 1 N–H and O–H groups in total. The van der Waals surface area contributed by atoms with Crippen LogP contribution in [0, 0.1) is 5.41 Å². The van der Waals surface area contributed by atoms with Crippen LogP contribution in [-0.4, -0.2) is 65.7 Å². The number of piperidine rings is 1. The molecule has 1 aromatic heterocycles. The van der Waals surface area contributed by atoms with E-state index in [4.69, 9.17) is 9.47 Å². The molecule has 1 saturated heterocycles. The van der Waals surface area contributed by atoms with E-state index in [0.29, 0.717) is 19.6 Å². The fraction of sp³-hybridized carbons (Fsp3) is 0.812. The third-order valence-electron chi connectivity index (χ3n) is 4.81. The summed E-state index contributed by atoms with van der Waals surface area (Å²) in [7, 11) is 3.35. The van der Waals surface area contributed by atoms with Crippen LogP contribution in [0.1, 0.15) is 26.1 Å². The van der Waals surface area contributed by atoms with Crippen LogP contribution in [0.15, 0.2) is 12.4 Å². The summed E-state index contributed by atoms with van der Waals surface area (Å²) in [5.41, 5.74) is -0.977. The minimum absolute atomic E-state index is 0.217. The standard InChI is InChI=1S/C16H29N3O3/c1-15(2)12-18(7-5-16(15,20)13-22-4)11-14-17-6-8-19(14)9-10-21-3/h6,8,20H,5,7,9-13H2,1-4H3/t16-/m1/s1. The highest BCUT2D eigenvalue weighted by molar-refractivity contribution is 5.01. The van der Waals surface area contributed by atoms with Crippen LogP contribution < -0.4 is 0 Å². The smallest absolute Gasteiger partial charge is 0.122 e. The summed E-state index contributed by atoms with van der Waals surface area (Å²) in [5, 5.41) is 10.8. The fourth-order valence-electron chi connectivity index (χ4n) is 3.19. The van der Waals surface area contributed by atoms with Crippen LogP contribution >= 0.6 is 0 Å². The zero-order valence-electron chi connectivity index (χ0n) is 14.2. The topological polar surface area (TPSA) is 59.8 Å². The first-order valence-corrected chi connectivity index (χ1v) is 7.84. The SMILES string of the molecule is COCCn1ccnc1CN1CC[C@@](O)(COC)C(C)(C)C1. The van der Waals surface area contributed by atoms with Gasteiger partial charge in [0.05, 0.1) is 25.4 Å². The van der Waals surface area contributed by atoms with Crippen molar-refractivity contribution in [2.45, 2.75) is 39.0 Å². The van der Waals surface area contributed by atoms with Gasteiger partial charge in [-0.2, -0.15) is 0 Å². The van der Waals surface area contributed by atoms with Gasteiger partial charge in [0, 0.05) is 51.7 Å². The van der Waals surface area contributed by atoms with Crippen molar-refractivity contribution < 1.29 is 14.6 Å². The molecule has 126 valence electrons. The molecule has 0 amide bonds. The number of likely N-dealkylation sites (tertiary alicyclic amines) is 1. The molecule has 1 aromatic rings. The van der Waals surface area contributed by atoms with Crippen molar-refractivity contribution in [2.75, 3.05) is 40.5 Å². The van der Waals surface area contributed by atoms with E-state index in [-0.39, 0.29) is 5.41 Å². The second kappa shape index (κ2) is 7.08. The van der Waals surface area contributed by atoms with E-state index in [1.807, 2.05) is 12.4 Å². The number of aromatic nitrogens is 2. The molecule has 0 aliphatic carbocycles. The van der Waals surface area contributed by atoms with Crippen LogP contribution in [0.3, 0.4) is 0 Å². The predicted octanol–water partition coefficient (Wildman–Crippen LogP) is 1.14. The van der Waals surface area contributed by atoms with Crippen LogP contribution in [0.25, 0.3) is 0 Å². The van der Waals surface area contributed by atoms with E-state index >= 15 is 0 Å². The van der Waals surface area contributed by atoms with Crippen LogP contribution in [0.5, 0.6) is 0 Å². The highest BCUT2D eigenvalue weighted by Crippen LogP contribution is 2.39. The maximum Gasteiger partial charge on any atom is 0.122 e. The summed E-state index contributed by atoms with van der Waals surface area (Å²) in [6, 6.07) is 0. The van der Waals surface area contributed by atoms with Gasteiger partial charge in [-0.25, -0.2) is 4.98 Å². The van der Waals surface area contributed by atoms with Gasteiger partial charge in [-0.05, 0) is 6.42 Å². The lowest BCUT2D eigenvalue weighted by atomic mass is 9.70. The van der Waals surface area contributed by atoms with E-state index in [9.17, 15) is 5.11 Å². The lowest BCUT2D eigenvalue weighted by Gasteiger charge is -2.50. The molecule has 0 radical (unpaired) electrons. The van der Waals surface area contributed by atoms with Gasteiger partial charge >= 0.3 is 0 Å². The molecule has 2 heterocycles. The average molecular weight is 311 g/mol. The Morgan fingerprint density at radius 2 is 2.09 bits per heavy atom. The summed E-state index contributed by atoms with van der Waals surface area (Å²) in [5.74, 6) is 1.05. The number of methoxy groups -OCH3 is 2. The number of rotatable bonds is 7. The van der Waals surface area contributed by atoms with Gasteiger partial charge in [-0.3, -0.25) is 4.90 Å². The highest BCUT2D eigenvalue weighted by atomic mass is 16.5. The molecular formula is C16H29N3O3. The monoisotopic (exact) mass is 311 g/mol. The molecule has 6 nitrogen and oxygen atoms in total. The molecule has 0 spiro atoms. The maximum absolute atomic E-state index is 10.8. The van der Waals surface area contributed by atoms with Crippen molar-refractivity contribution in [3.8, 4) is 0 Å². The lowest BCUT2D eigenvalue weighted by Crippen LogP contribution is -2.59. The Labute approximate surface area is 133 Å². The van der Waals surface area contributed by atoms with E-state index in [0.717, 1.165) is 32.0 Å². The fourth-order valence-corrected chi connectivity index (χ4v) is 3.19. The Bertz CT molecular complexity index is 475. The maximum atomic E-state index is 10.8. The van der Waals surface area contributed by atoms with Crippen LogP contribution in [0.4, 0.5) is 0 Å². The number of hydrogen-bond donors (Lipinski definition) is 1. The van der Waals surface area contributed by atoms with Gasteiger partial charge in [-0.15, -0.1) is 0 Å². The second-order valence-corrected chi connectivity index (χ2v) is 6.84. The number of ether oxygens (including phenoxy) is 2. The zero-order chi connectivity index (χ0) is 16.2. The van der Waals surface area contributed by atoms with Gasteiger partial charge in [0.15, 0.2) is 0 Å². The van der Waals surface area contributed by atoms with Gasteiger partial charge in [0.2, 0.25) is 0 Å². The number of aliphatic hydroxyl groups is 1. The normalized spacial score (nSPS) is 25.5. The molecule has 22 heavy (non-hydrogen) atoms. The first-order valence-electron chi connectivity index (χ1n) is 7.84. The summed E-state index contributed by atoms with van der Waals surface area (Å²) in [6.45, 7) is 8.56. The van der Waals surface area contributed by atoms with Gasteiger partial charge < -0.3 is 19.1 Å². The third-order valence-corrected chi connectivity index (χ3v) is 4.81. The molecule has 1 atom stereocenters. The second-order valence-electron chi connectivity index (χ2n) is 6.84. The Kier molecular flexibility index (Phi) is 5.60. The van der Waals surface area contributed by atoms with E-state index in [2.05, 4.69) is 28.3 Å². The number of nitrogens with zero attached hydrogens (tertiary/aromatic N) is 3. The molecule has 0 saturated carbocycles. The summed E-state index contributed by atoms with van der Waals surface area (Å²) >= 11 is 0. The van der Waals surface area contributed by atoms with Crippen LogP contribution in [-0.2, 0) is 22.6 Å². The molecule has 1 aliphatic heterocycles. The van der Waals surface area contributed by atoms with Crippen LogP contribution in [0.2, 0.25) is 0 Å². The molecular weight excluding hydrogens is 282 g/mol. The first-order chi connectivity index (χ1) is 10.4. The lowest BCUT2D eigenvalue weighted by molar-refractivity contribution is -0.152. The Morgan fingerprint density at radius 3 is 2.73 bits per heavy atom. The number of hydrogen-bond acceptors (Lipinski definition) is 5. The van der Waals surface area contributed by atoms with Gasteiger partial charge in [-0.1, -0.05) is 13.8 Å². The Hall–Kier alpha value is -0.950. The van der Waals surface area contributed by atoms with Gasteiger partial charge in [0.25, 0.3) is 0 Å². The minimum atomic E-state index is -0.760. The molecule has 0 bridgehead atoms. The van der Waals surface area contributed by atoms with Crippen molar-refractivity contribution in [3.63, 3.8) is 0 Å². The summed E-state index contributed by atoms with van der Waals surface area (Å²) in [4.78, 5) is 6.82.